The van der Waals surface area contributed by atoms with Crippen molar-refractivity contribution in [2.75, 3.05) is 0 Å². The van der Waals surface area contributed by atoms with Crippen LogP contribution in [0.1, 0.15) is 42.8 Å². The Balaban J connectivity index is 2.43. The molecule has 0 saturated heterocycles. The maximum Gasteiger partial charge on any atom is 0.306 e. The van der Waals surface area contributed by atoms with Crippen LogP contribution in [0.4, 0.5) is 0 Å². The van der Waals surface area contributed by atoms with E-state index in [1.165, 1.54) is 4.88 Å². The fourth-order valence-electron chi connectivity index (χ4n) is 1.25. The van der Waals surface area contributed by atoms with Crippen LogP contribution in [0.2, 0.25) is 0 Å². The lowest BCUT2D eigenvalue weighted by Crippen LogP contribution is -2.23. The van der Waals surface area contributed by atoms with Gasteiger partial charge in [0.1, 0.15) is 5.60 Å². The van der Waals surface area contributed by atoms with E-state index in [4.69, 9.17) is 4.74 Å². The summed E-state index contributed by atoms with van der Waals surface area (Å²) in [7, 11) is 0. The lowest BCUT2D eigenvalue weighted by Gasteiger charge is -2.19. The minimum Gasteiger partial charge on any atom is -0.460 e. The van der Waals surface area contributed by atoms with Gasteiger partial charge in [0.05, 0.1) is 17.1 Å². The first-order valence-corrected chi connectivity index (χ1v) is 6.24. The number of aryl methyl sites for hydroxylation is 3. The Labute approximate surface area is 101 Å². The molecule has 0 N–H and O–H groups in total. The van der Waals surface area contributed by atoms with Gasteiger partial charge < -0.3 is 4.74 Å². The molecular weight excluding hydrogens is 222 g/mol. The summed E-state index contributed by atoms with van der Waals surface area (Å²) >= 11 is 1.66. The van der Waals surface area contributed by atoms with Crippen molar-refractivity contribution in [3.63, 3.8) is 0 Å². The van der Waals surface area contributed by atoms with Crippen molar-refractivity contribution in [2.24, 2.45) is 0 Å². The Morgan fingerprint density at radius 1 is 1.38 bits per heavy atom. The Kier molecular flexibility index (Phi) is 4.08. The first kappa shape index (κ1) is 13.2. The Morgan fingerprint density at radius 2 is 2.00 bits per heavy atom. The molecule has 1 rings (SSSR count). The zero-order valence-corrected chi connectivity index (χ0v) is 11.4. The third kappa shape index (κ3) is 4.31. The lowest BCUT2D eigenvalue weighted by atomic mass is 10.2. The molecule has 1 aromatic rings. The van der Waals surface area contributed by atoms with Crippen LogP contribution in [0.3, 0.4) is 0 Å². The Hall–Kier alpha value is -0.900. The van der Waals surface area contributed by atoms with Gasteiger partial charge in [0, 0.05) is 11.3 Å². The van der Waals surface area contributed by atoms with Crippen molar-refractivity contribution in [1.29, 1.82) is 0 Å². The van der Waals surface area contributed by atoms with Crippen LogP contribution in [0.25, 0.3) is 0 Å². The molecule has 0 radical (unpaired) electrons. The molecular formula is C12H19NO2S. The average Bonchev–Trinajstić information content (AvgIpc) is 2.40. The van der Waals surface area contributed by atoms with Crippen LogP contribution in [-0.2, 0) is 16.0 Å². The van der Waals surface area contributed by atoms with E-state index in [0.29, 0.717) is 12.8 Å². The highest BCUT2D eigenvalue weighted by atomic mass is 32.1. The van der Waals surface area contributed by atoms with Crippen molar-refractivity contribution in [3.05, 3.63) is 15.6 Å². The van der Waals surface area contributed by atoms with E-state index in [2.05, 4.69) is 4.98 Å². The van der Waals surface area contributed by atoms with Gasteiger partial charge in [-0.15, -0.1) is 11.3 Å². The minimum atomic E-state index is -0.397. The van der Waals surface area contributed by atoms with Crippen LogP contribution >= 0.6 is 11.3 Å². The minimum absolute atomic E-state index is 0.155. The number of hydrogen-bond donors (Lipinski definition) is 0. The Morgan fingerprint density at radius 3 is 2.44 bits per heavy atom. The van der Waals surface area contributed by atoms with Crippen molar-refractivity contribution < 1.29 is 9.53 Å². The summed E-state index contributed by atoms with van der Waals surface area (Å²) in [6, 6.07) is 0. The van der Waals surface area contributed by atoms with Crippen molar-refractivity contribution in [1.82, 2.24) is 4.98 Å². The van der Waals surface area contributed by atoms with Crippen LogP contribution < -0.4 is 0 Å². The molecule has 0 unspecified atom stereocenters. The van der Waals surface area contributed by atoms with Crippen LogP contribution in [-0.4, -0.2) is 16.6 Å². The van der Waals surface area contributed by atoms with Gasteiger partial charge in [-0.1, -0.05) is 0 Å². The van der Waals surface area contributed by atoms with E-state index in [-0.39, 0.29) is 5.97 Å². The van der Waals surface area contributed by atoms with Gasteiger partial charge in [-0.3, -0.25) is 4.79 Å². The molecule has 0 aliphatic rings. The van der Waals surface area contributed by atoms with E-state index in [1.54, 1.807) is 11.3 Å². The topological polar surface area (TPSA) is 39.2 Å². The Bertz CT molecular complexity index is 357. The summed E-state index contributed by atoms with van der Waals surface area (Å²) in [5.41, 5.74) is 0.662. The summed E-state index contributed by atoms with van der Waals surface area (Å²) in [6.45, 7) is 9.67. The summed E-state index contributed by atoms with van der Waals surface area (Å²) in [4.78, 5) is 17.1. The van der Waals surface area contributed by atoms with Gasteiger partial charge in [0.15, 0.2) is 0 Å². The summed E-state index contributed by atoms with van der Waals surface area (Å²) in [5, 5.41) is 1.01. The fourth-order valence-corrected chi connectivity index (χ4v) is 2.18. The zero-order chi connectivity index (χ0) is 12.3. The first-order valence-electron chi connectivity index (χ1n) is 5.42. The summed E-state index contributed by atoms with van der Waals surface area (Å²) in [5.74, 6) is -0.155. The molecule has 0 fully saturated rings. The second-order valence-electron chi connectivity index (χ2n) is 4.84. The van der Waals surface area contributed by atoms with Crippen molar-refractivity contribution in [2.45, 2.75) is 53.1 Å². The monoisotopic (exact) mass is 241 g/mol. The van der Waals surface area contributed by atoms with Crippen LogP contribution in [0.15, 0.2) is 0 Å². The lowest BCUT2D eigenvalue weighted by molar-refractivity contribution is -0.154. The average molecular weight is 241 g/mol. The van der Waals surface area contributed by atoms with Crippen molar-refractivity contribution in [3.8, 4) is 0 Å². The molecule has 90 valence electrons. The molecule has 1 aromatic heterocycles. The maximum atomic E-state index is 11.5. The molecule has 0 atom stereocenters. The fraction of sp³-hybridized carbons (Fsp3) is 0.667. The molecule has 0 aromatic carbocycles. The van der Waals surface area contributed by atoms with Crippen molar-refractivity contribution >= 4 is 17.3 Å². The van der Waals surface area contributed by atoms with E-state index in [0.717, 1.165) is 10.7 Å². The van der Waals surface area contributed by atoms with E-state index in [1.807, 2.05) is 34.6 Å². The van der Waals surface area contributed by atoms with Crippen LogP contribution in [0.5, 0.6) is 0 Å². The predicted molar refractivity (Wildman–Crippen MR) is 65.8 cm³/mol. The molecule has 0 spiro atoms. The molecule has 0 aliphatic heterocycles. The summed E-state index contributed by atoms with van der Waals surface area (Å²) < 4.78 is 5.23. The van der Waals surface area contributed by atoms with Gasteiger partial charge in [-0.2, -0.15) is 0 Å². The highest BCUT2D eigenvalue weighted by Gasteiger charge is 2.16. The molecule has 4 heteroatoms. The van der Waals surface area contributed by atoms with Gasteiger partial charge in [-0.05, 0) is 34.6 Å². The highest BCUT2D eigenvalue weighted by Crippen LogP contribution is 2.18. The quantitative estimate of drug-likeness (QED) is 0.764. The second-order valence-corrected chi connectivity index (χ2v) is 6.12. The molecule has 3 nitrogen and oxygen atoms in total. The number of thiazole rings is 1. The third-order valence-electron chi connectivity index (χ3n) is 2.04. The third-order valence-corrected chi connectivity index (χ3v) is 3.17. The van der Waals surface area contributed by atoms with Gasteiger partial charge in [0.25, 0.3) is 0 Å². The predicted octanol–water partition coefficient (Wildman–Crippen LogP) is 3.03. The smallest absolute Gasteiger partial charge is 0.306 e. The van der Waals surface area contributed by atoms with E-state index >= 15 is 0 Å². The number of nitrogens with zero attached hydrogens (tertiary/aromatic N) is 1. The standard InChI is InChI=1S/C12H19NO2S/c1-8-9(2)16-10(13-8)6-7-11(14)15-12(3,4)5/h6-7H2,1-5H3. The molecule has 16 heavy (non-hydrogen) atoms. The maximum absolute atomic E-state index is 11.5. The van der Waals surface area contributed by atoms with E-state index in [9.17, 15) is 4.79 Å². The first-order chi connectivity index (χ1) is 7.28. The molecule has 1 heterocycles. The summed E-state index contributed by atoms with van der Waals surface area (Å²) in [6.07, 6.45) is 1.08. The SMILES string of the molecule is Cc1nc(CCC(=O)OC(C)(C)C)sc1C. The number of carbonyl (C=O) groups is 1. The normalized spacial score (nSPS) is 11.6. The largest absolute Gasteiger partial charge is 0.460 e. The van der Waals surface area contributed by atoms with Gasteiger partial charge in [-0.25, -0.2) is 4.98 Å². The highest BCUT2D eigenvalue weighted by molar-refractivity contribution is 7.11. The zero-order valence-electron chi connectivity index (χ0n) is 10.6. The van der Waals surface area contributed by atoms with Gasteiger partial charge in [0.2, 0.25) is 0 Å². The number of ether oxygens (including phenoxy) is 1. The van der Waals surface area contributed by atoms with Gasteiger partial charge >= 0.3 is 5.97 Å². The second kappa shape index (κ2) is 4.95. The molecule has 0 saturated carbocycles. The number of rotatable bonds is 3. The molecule has 0 amide bonds. The van der Waals surface area contributed by atoms with E-state index < -0.39 is 5.60 Å². The number of esters is 1. The number of carbonyl (C=O) groups excluding carboxylic acids is 1. The number of hydrogen-bond acceptors (Lipinski definition) is 4. The van der Waals surface area contributed by atoms with Crippen LogP contribution in [0, 0.1) is 13.8 Å². The molecule has 0 bridgehead atoms. The number of aromatic nitrogens is 1. The molecule has 0 aliphatic carbocycles.